The summed E-state index contributed by atoms with van der Waals surface area (Å²) in [5.74, 6) is -0.950. The second-order valence-corrected chi connectivity index (χ2v) is 8.93. The SMILES string of the molecule is CCCNC(=O)c1ccc(C(=O)[O-])c(-c2c3ccc(=[N+](C)C)cc-3oc3cc(N(C)C)ccc23)c1. The molecule has 0 radical (unpaired) electrons. The van der Waals surface area contributed by atoms with Crippen molar-refractivity contribution in [3.05, 3.63) is 71.1 Å². The van der Waals surface area contributed by atoms with E-state index in [-0.39, 0.29) is 11.5 Å². The van der Waals surface area contributed by atoms with Gasteiger partial charge in [-0.15, -0.1) is 0 Å². The zero-order valence-corrected chi connectivity index (χ0v) is 20.6. The topological polar surface area (TPSA) is 88.6 Å². The van der Waals surface area contributed by atoms with Gasteiger partial charge in [0.2, 0.25) is 5.36 Å². The molecule has 0 unspecified atom stereocenters. The number of carbonyl (C=O) groups is 2. The number of amides is 1. The number of nitrogens with one attached hydrogen (secondary N) is 1. The monoisotopic (exact) mass is 471 g/mol. The quantitative estimate of drug-likeness (QED) is 0.345. The molecule has 0 bridgehead atoms. The fraction of sp³-hybridized carbons (Fsp3) is 0.250. The highest BCUT2D eigenvalue weighted by Crippen LogP contribution is 2.42. The Hall–Kier alpha value is -4.13. The summed E-state index contributed by atoms with van der Waals surface area (Å²) in [6.45, 7) is 2.51. The van der Waals surface area contributed by atoms with Crippen molar-refractivity contribution >= 4 is 28.5 Å². The average Bonchev–Trinajstić information content (AvgIpc) is 2.84. The van der Waals surface area contributed by atoms with E-state index in [4.69, 9.17) is 4.42 Å². The van der Waals surface area contributed by atoms with E-state index in [0.29, 0.717) is 34.6 Å². The zero-order chi connectivity index (χ0) is 25.3. The van der Waals surface area contributed by atoms with Gasteiger partial charge in [-0.25, -0.2) is 4.58 Å². The van der Waals surface area contributed by atoms with Gasteiger partial charge in [0.1, 0.15) is 25.4 Å². The lowest BCUT2D eigenvalue weighted by Crippen LogP contribution is -2.26. The Morgan fingerprint density at radius 1 is 1.00 bits per heavy atom. The Bertz CT molecular complexity index is 1480. The van der Waals surface area contributed by atoms with E-state index in [2.05, 4.69) is 5.32 Å². The lowest BCUT2D eigenvalue weighted by molar-refractivity contribution is -0.254. The molecule has 1 aliphatic carbocycles. The fourth-order valence-corrected chi connectivity index (χ4v) is 4.12. The molecule has 180 valence electrons. The number of anilines is 1. The Balaban J connectivity index is 2.11. The summed E-state index contributed by atoms with van der Waals surface area (Å²) in [6.07, 6.45) is 0.799. The molecule has 1 N–H and O–H groups in total. The molecule has 2 aliphatic rings. The third-order valence-electron chi connectivity index (χ3n) is 6.03. The summed E-state index contributed by atoms with van der Waals surface area (Å²) in [5, 5.41) is 16.7. The Kier molecular flexibility index (Phi) is 6.60. The number of benzene rings is 3. The van der Waals surface area contributed by atoms with Crippen LogP contribution in [0.2, 0.25) is 0 Å². The van der Waals surface area contributed by atoms with Crippen molar-refractivity contribution in [1.29, 1.82) is 0 Å². The molecule has 0 spiro atoms. The number of rotatable bonds is 6. The first-order valence-electron chi connectivity index (χ1n) is 11.5. The van der Waals surface area contributed by atoms with Gasteiger partial charge in [0.25, 0.3) is 5.91 Å². The first-order valence-corrected chi connectivity index (χ1v) is 11.5. The normalized spacial score (nSPS) is 11.0. The van der Waals surface area contributed by atoms with Crippen LogP contribution in [0, 0.1) is 0 Å². The first-order chi connectivity index (χ1) is 16.7. The van der Waals surface area contributed by atoms with Gasteiger partial charge >= 0.3 is 0 Å². The van der Waals surface area contributed by atoms with Gasteiger partial charge in [0.05, 0.1) is 12.0 Å². The molecule has 1 aliphatic heterocycles. The van der Waals surface area contributed by atoms with E-state index in [1.165, 1.54) is 12.1 Å². The minimum absolute atomic E-state index is 0.0132. The number of aromatic carboxylic acids is 1. The van der Waals surface area contributed by atoms with Gasteiger partial charge in [-0.2, -0.15) is 0 Å². The number of nitrogens with zero attached hydrogens (tertiary/aromatic N) is 2. The highest BCUT2D eigenvalue weighted by molar-refractivity contribution is 6.09. The van der Waals surface area contributed by atoms with Crippen LogP contribution in [-0.4, -0.2) is 46.6 Å². The van der Waals surface area contributed by atoms with Gasteiger partial charge in [-0.1, -0.05) is 13.0 Å². The van der Waals surface area contributed by atoms with E-state index in [1.54, 1.807) is 6.07 Å². The highest BCUT2D eigenvalue weighted by Gasteiger charge is 2.22. The average molecular weight is 472 g/mol. The van der Waals surface area contributed by atoms with Gasteiger partial charge < -0.3 is 24.5 Å². The van der Waals surface area contributed by atoms with Crippen LogP contribution in [0.25, 0.3) is 33.4 Å². The molecule has 1 heterocycles. The summed E-state index contributed by atoms with van der Waals surface area (Å²) < 4.78 is 8.30. The third kappa shape index (κ3) is 4.62. The molecule has 0 aromatic heterocycles. The van der Waals surface area contributed by atoms with Crippen molar-refractivity contribution < 1.29 is 19.1 Å². The van der Waals surface area contributed by atoms with Crippen molar-refractivity contribution in [3.63, 3.8) is 0 Å². The lowest BCUT2D eigenvalue weighted by Gasteiger charge is -2.20. The van der Waals surface area contributed by atoms with Gasteiger partial charge in [0.15, 0.2) is 0 Å². The maximum Gasteiger partial charge on any atom is 0.251 e. The largest absolute Gasteiger partial charge is 0.545 e. The molecule has 35 heavy (non-hydrogen) atoms. The van der Waals surface area contributed by atoms with Gasteiger partial charge in [-0.3, -0.25) is 4.79 Å². The fourth-order valence-electron chi connectivity index (χ4n) is 4.12. The van der Waals surface area contributed by atoms with E-state index in [0.717, 1.165) is 28.4 Å². The van der Waals surface area contributed by atoms with Crippen LogP contribution in [0.1, 0.15) is 34.1 Å². The van der Waals surface area contributed by atoms with Crippen LogP contribution in [0.3, 0.4) is 0 Å². The number of hydrogen-bond donors (Lipinski definition) is 1. The van der Waals surface area contributed by atoms with Crippen LogP contribution in [-0.2, 0) is 0 Å². The van der Waals surface area contributed by atoms with E-state index in [1.807, 2.05) is 81.0 Å². The summed E-state index contributed by atoms with van der Waals surface area (Å²) in [6, 6.07) is 16.2. The number of hydrogen-bond acceptors (Lipinski definition) is 5. The molecule has 4 rings (SSSR count). The van der Waals surface area contributed by atoms with Crippen LogP contribution >= 0.6 is 0 Å². The van der Waals surface area contributed by atoms with Crippen molar-refractivity contribution in [3.8, 4) is 22.5 Å². The predicted molar refractivity (Wildman–Crippen MR) is 137 cm³/mol. The molecule has 1 amide bonds. The second kappa shape index (κ2) is 9.62. The van der Waals surface area contributed by atoms with Crippen LogP contribution < -0.4 is 25.3 Å². The highest BCUT2D eigenvalue weighted by atomic mass is 16.4. The van der Waals surface area contributed by atoms with E-state index in [9.17, 15) is 14.7 Å². The molecule has 0 saturated carbocycles. The Morgan fingerprint density at radius 3 is 2.43 bits per heavy atom. The first kappa shape index (κ1) is 24.0. The van der Waals surface area contributed by atoms with E-state index < -0.39 is 5.97 Å². The molecule has 7 nitrogen and oxygen atoms in total. The minimum Gasteiger partial charge on any atom is -0.545 e. The van der Waals surface area contributed by atoms with E-state index >= 15 is 0 Å². The molecular weight excluding hydrogens is 442 g/mol. The summed E-state index contributed by atoms with van der Waals surface area (Å²) in [7, 11) is 7.78. The molecular formula is C28H29N3O4. The standard InChI is InChI=1S/C28H29N3O4/c1-6-13-29-27(32)17-7-10-20(28(33)34)23(14-17)26-21-11-8-18(30(2)3)15-24(21)35-25-16-19(31(4)5)9-12-22(25)26/h7-12,14-16H,6,13H2,1-5H3,(H-,29,32,33,34). The Morgan fingerprint density at radius 2 is 1.77 bits per heavy atom. The van der Waals surface area contributed by atoms with Crippen molar-refractivity contribution in [2.75, 3.05) is 39.6 Å². The molecule has 2 aromatic rings. The number of carboxylic acid groups (broad SMARTS) is 1. The molecule has 7 heteroatoms. The maximum absolute atomic E-state index is 12.7. The van der Waals surface area contributed by atoms with Gasteiger partial charge in [0, 0.05) is 66.1 Å². The van der Waals surface area contributed by atoms with Crippen LogP contribution in [0.5, 0.6) is 0 Å². The second-order valence-electron chi connectivity index (χ2n) is 8.93. The van der Waals surface area contributed by atoms with Crippen molar-refractivity contribution in [1.82, 2.24) is 9.89 Å². The zero-order valence-electron chi connectivity index (χ0n) is 20.6. The number of fused-ring (bicyclic) bond motifs is 2. The third-order valence-corrected chi connectivity index (χ3v) is 6.03. The van der Waals surface area contributed by atoms with Crippen LogP contribution in [0.4, 0.5) is 5.69 Å². The molecule has 0 saturated heterocycles. The summed E-state index contributed by atoms with van der Waals surface area (Å²) in [5.41, 5.74) is 3.79. The molecule has 2 aromatic carbocycles. The minimum atomic E-state index is -1.31. The summed E-state index contributed by atoms with van der Waals surface area (Å²) >= 11 is 0. The van der Waals surface area contributed by atoms with Crippen molar-refractivity contribution in [2.24, 2.45) is 0 Å². The van der Waals surface area contributed by atoms with Crippen LogP contribution in [0.15, 0.2) is 59.0 Å². The smallest absolute Gasteiger partial charge is 0.251 e. The number of carbonyl (C=O) groups excluding carboxylic acids is 2. The lowest BCUT2D eigenvalue weighted by atomic mass is 9.89. The van der Waals surface area contributed by atoms with Gasteiger partial charge in [-0.05, 0) is 42.3 Å². The number of carboxylic acids is 1. The predicted octanol–water partition coefficient (Wildman–Crippen LogP) is 2.81. The summed E-state index contributed by atoms with van der Waals surface area (Å²) in [4.78, 5) is 26.9. The molecule has 0 fully saturated rings. The maximum atomic E-state index is 12.7. The Labute approximate surface area is 204 Å². The molecule has 0 atom stereocenters. The van der Waals surface area contributed by atoms with Crippen molar-refractivity contribution in [2.45, 2.75) is 13.3 Å².